The van der Waals surface area contributed by atoms with Crippen molar-refractivity contribution in [3.05, 3.63) is 23.3 Å². The van der Waals surface area contributed by atoms with Crippen LogP contribution in [0.3, 0.4) is 0 Å². The predicted molar refractivity (Wildman–Crippen MR) is 93.5 cm³/mol. The minimum Gasteiger partial charge on any atom is -0.493 e. The lowest BCUT2D eigenvalue weighted by atomic mass is 9.98. The number of fused-ring (bicyclic) bond motifs is 1. The van der Waals surface area contributed by atoms with E-state index in [1.807, 2.05) is 17.0 Å². The molecule has 5 heteroatoms. The molecule has 1 saturated carbocycles. The minimum absolute atomic E-state index is 0.253. The first-order valence-electron chi connectivity index (χ1n) is 8.93. The number of rotatable bonds is 8. The van der Waals surface area contributed by atoms with Crippen molar-refractivity contribution in [1.82, 2.24) is 10.2 Å². The number of benzene rings is 1. The Balaban J connectivity index is 1.50. The van der Waals surface area contributed by atoms with E-state index in [4.69, 9.17) is 9.47 Å². The third kappa shape index (κ3) is 4.20. The lowest BCUT2D eigenvalue weighted by Crippen LogP contribution is -2.36. The summed E-state index contributed by atoms with van der Waals surface area (Å²) in [6, 6.07) is 4.04. The maximum absolute atomic E-state index is 12.4. The van der Waals surface area contributed by atoms with Crippen LogP contribution < -0.4 is 14.8 Å². The van der Waals surface area contributed by atoms with Gasteiger partial charge in [-0.3, -0.25) is 4.79 Å². The lowest BCUT2D eigenvalue weighted by Gasteiger charge is -2.29. The Bertz CT molecular complexity index is 584. The summed E-state index contributed by atoms with van der Waals surface area (Å²) in [4.78, 5) is 14.4. The first-order chi connectivity index (χ1) is 11.7. The Morgan fingerprint density at radius 1 is 1.21 bits per heavy atom. The zero-order valence-electron chi connectivity index (χ0n) is 14.8. The average Bonchev–Trinajstić information content (AvgIpc) is 3.43. The van der Waals surface area contributed by atoms with E-state index in [1.165, 1.54) is 24.0 Å². The summed E-state index contributed by atoms with van der Waals surface area (Å²) in [5.74, 6) is 2.64. The van der Waals surface area contributed by atoms with Gasteiger partial charge in [-0.05, 0) is 68.0 Å². The van der Waals surface area contributed by atoms with Crippen molar-refractivity contribution in [2.24, 2.45) is 5.92 Å². The van der Waals surface area contributed by atoms with Gasteiger partial charge < -0.3 is 19.7 Å². The molecule has 0 atom stereocenters. The van der Waals surface area contributed by atoms with E-state index < -0.39 is 0 Å². The topological polar surface area (TPSA) is 50.8 Å². The number of nitrogens with one attached hydrogen (secondary N) is 1. The Hall–Kier alpha value is -1.75. The second-order valence-electron chi connectivity index (χ2n) is 6.79. The normalized spacial score (nSPS) is 16.7. The SMILES string of the molecule is COc1cc2c(cc1OC)CN(C(=O)CCCNCC1CC1)CC2. The van der Waals surface area contributed by atoms with Crippen molar-refractivity contribution >= 4 is 5.91 Å². The van der Waals surface area contributed by atoms with Gasteiger partial charge in [0.1, 0.15) is 0 Å². The minimum atomic E-state index is 0.253. The Kier molecular flexibility index (Phi) is 5.61. The number of nitrogens with zero attached hydrogens (tertiary/aromatic N) is 1. The highest BCUT2D eigenvalue weighted by molar-refractivity contribution is 5.76. The molecule has 0 bridgehead atoms. The molecule has 1 aromatic carbocycles. The fourth-order valence-corrected chi connectivity index (χ4v) is 3.25. The Morgan fingerprint density at radius 2 is 1.92 bits per heavy atom. The van der Waals surface area contributed by atoms with Crippen LogP contribution in [0.1, 0.15) is 36.8 Å². The quantitative estimate of drug-likeness (QED) is 0.743. The van der Waals surface area contributed by atoms with E-state index in [0.29, 0.717) is 13.0 Å². The zero-order chi connectivity index (χ0) is 16.9. The molecule has 132 valence electrons. The number of amides is 1. The van der Waals surface area contributed by atoms with Crippen molar-refractivity contribution in [3.63, 3.8) is 0 Å². The van der Waals surface area contributed by atoms with Crippen LogP contribution in [0.2, 0.25) is 0 Å². The van der Waals surface area contributed by atoms with Gasteiger partial charge in [0.15, 0.2) is 11.5 Å². The number of hydrogen-bond donors (Lipinski definition) is 1. The van der Waals surface area contributed by atoms with Crippen LogP contribution in [0.25, 0.3) is 0 Å². The highest BCUT2D eigenvalue weighted by Crippen LogP contribution is 2.33. The smallest absolute Gasteiger partial charge is 0.222 e. The molecule has 1 aliphatic heterocycles. The van der Waals surface area contributed by atoms with Gasteiger partial charge in [0.25, 0.3) is 0 Å². The summed E-state index contributed by atoms with van der Waals surface area (Å²) < 4.78 is 10.7. The molecule has 2 aliphatic rings. The van der Waals surface area contributed by atoms with E-state index in [1.54, 1.807) is 14.2 Å². The molecule has 1 aliphatic carbocycles. The standard InChI is InChI=1S/C19H28N2O3/c1-23-17-10-15-7-9-21(13-16(15)11-18(17)24-2)19(22)4-3-8-20-12-14-5-6-14/h10-11,14,20H,3-9,12-13H2,1-2H3. The number of ether oxygens (including phenoxy) is 2. The van der Waals surface area contributed by atoms with Gasteiger partial charge in [-0.2, -0.15) is 0 Å². The molecule has 24 heavy (non-hydrogen) atoms. The Morgan fingerprint density at radius 3 is 2.58 bits per heavy atom. The molecule has 0 radical (unpaired) electrons. The van der Waals surface area contributed by atoms with Crippen LogP contribution in [-0.2, 0) is 17.8 Å². The van der Waals surface area contributed by atoms with Gasteiger partial charge >= 0.3 is 0 Å². The molecular weight excluding hydrogens is 304 g/mol. The first-order valence-corrected chi connectivity index (χ1v) is 8.93. The van der Waals surface area contributed by atoms with Crippen molar-refractivity contribution < 1.29 is 14.3 Å². The van der Waals surface area contributed by atoms with Gasteiger partial charge in [0.05, 0.1) is 14.2 Å². The zero-order valence-corrected chi connectivity index (χ0v) is 14.8. The van der Waals surface area contributed by atoms with Crippen LogP contribution in [0.5, 0.6) is 11.5 Å². The molecule has 1 heterocycles. The third-order valence-corrected chi connectivity index (χ3v) is 4.94. The van der Waals surface area contributed by atoms with Gasteiger partial charge in [-0.25, -0.2) is 0 Å². The van der Waals surface area contributed by atoms with E-state index in [0.717, 1.165) is 49.9 Å². The monoisotopic (exact) mass is 332 g/mol. The molecule has 3 rings (SSSR count). The van der Waals surface area contributed by atoms with E-state index in [-0.39, 0.29) is 5.91 Å². The molecule has 0 saturated heterocycles. The molecule has 1 N–H and O–H groups in total. The van der Waals surface area contributed by atoms with Crippen LogP contribution in [0, 0.1) is 5.92 Å². The van der Waals surface area contributed by atoms with Crippen LogP contribution in [0.4, 0.5) is 0 Å². The fourth-order valence-electron chi connectivity index (χ4n) is 3.25. The molecule has 0 spiro atoms. The summed E-state index contributed by atoms with van der Waals surface area (Å²) in [6.07, 6.45) is 5.16. The number of hydrogen-bond acceptors (Lipinski definition) is 4. The van der Waals surface area contributed by atoms with Crippen LogP contribution in [0.15, 0.2) is 12.1 Å². The highest BCUT2D eigenvalue weighted by atomic mass is 16.5. The number of carbonyl (C=O) groups is 1. The number of carbonyl (C=O) groups excluding carboxylic acids is 1. The lowest BCUT2D eigenvalue weighted by molar-refractivity contribution is -0.132. The molecule has 0 unspecified atom stereocenters. The van der Waals surface area contributed by atoms with Crippen molar-refractivity contribution in [2.75, 3.05) is 33.9 Å². The van der Waals surface area contributed by atoms with Crippen molar-refractivity contribution in [3.8, 4) is 11.5 Å². The molecular formula is C19H28N2O3. The summed E-state index contributed by atoms with van der Waals surface area (Å²) in [6.45, 7) is 3.52. The fraction of sp³-hybridized carbons (Fsp3) is 0.632. The molecule has 1 fully saturated rings. The van der Waals surface area contributed by atoms with Crippen molar-refractivity contribution in [2.45, 2.75) is 38.6 Å². The molecule has 1 amide bonds. The van der Waals surface area contributed by atoms with Gasteiger partial charge in [0, 0.05) is 19.5 Å². The summed E-state index contributed by atoms with van der Waals surface area (Å²) in [5, 5.41) is 3.45. The van der Waals surface area contributed by atoms with Crippen LogP contribution >= 0.6 is 0 Å². The third-order valence-electron chi connectivity index (χ3n) is 4.94. The second-order valence-corrected chi connectivity index (χ2v) is 6.79. The second kappa shape index (κ2) is 7.88. The van der Waals surface area contributed by atoms with Crippen molar-refractivity contribution in [1.29, 1.82) is 0 Å². The van der Waals surface area contributed by atoms with E-state index in [2.05, 4.69) is 5.32 Å². The predicted octanol–water partition coefficient (Wildman–Crippen LogP) is 2.37. The molecule has 0 aromatic heterocycles. The van der Waals surface area contributed by atoms with E-state index in [9.17, 15) is 4.79 Å². The van der Waals surface area contributed by atoms with Crippen LogP contribution in [-0.4, -0.2) is 44.7 Å². The van der Waals surface area contributed by atoms with Gasteiger partial charge in [0.2, 0.25) is 5.91 Å². The summed E-state index contributed by atoms with van der Waals surface area (Å²) in [5.41, 5.74) is 2.42. The summed E-state index contributed by atoms with van der Waals surface area (Å²) in [7, 11) is 3.30. The van der Waals surface area contributed by atoms with Gasteiger partial charge in [-0.1, -0.05) is 0 Å². The number of methoxy groups -OCH3 is 2. The maximum Gasteiger partial charge on any atom is 0.222 e. The Labute approximate surface area is 144 Å². The molecule has 5 nitrogen and oxygen atoms in total. The summed E-state index contributed by atoms with van der Waals surface area (Å²) >= 11 is 0. The average molecular weight is 332 g/mol. The van der Waals surface area contributed by atoms with Gasteiger partial charge in [-0.15, -0.1) is 0 Å². The molecule has 1 aromatic rings. The van der Waals surface area contributed by atoms with E-state index >= 15 is 0 Å². The first kappa shape index (κ1) is 17.1. The maximum atomic E-state index is 12.4. The largest absolute Gasteiger partial charge is 0.493 e. The highest BCUT2D eigenvalue weighted by Gasteiger charge is 2.23.